The van der Waals surface area contributed by atoms with E-state index in [4.69, 9.17) is 16.3 Å². The Morgan fingerprint density at radius 1 is 1.19 bits per heavy atom. The maximum atomic E-state index is 12.3. The third-order valence-electron chi connectivity index (χ3n) is 3.53. The molecule has 0 unspecified atom stereocenters. The van der Waals surface area contributed by atoms with Crippen molar-refractivity contribution in [3.63, 3.8) is 0 Å². The normalized spacial score (nSPS) is 10.6. The Kier molecular flexibility index (Phi) is 7.09. The van der Waals surface area contributed by atoms with Gasteiger partial charge >= 0.3 is 0 Å². The predicted molar refractivity (Wildman–Crippen MR) is 111 cm³/mol. The third kappa shape index (κ3) is 5.69. The zero-order valence-corrected chi connectivity index (χ0v) is 17.0. The summed E-state index contributed by atoms with van der Waals surface area (Å²) in [5.74, 6) is 1.43. The summed E-state index contributed by atoms with van der Waals surface area (Å²) in [6.45, 7) is 2.48. The van der Waals surface area contributed by atoms with Gasteiger partial charge in [-0.2, -0.15) is 0 Å². The van der Waals surface area contributed by atoms with Gasteiger partial charge in [-0.05, 0) is 36.8 Å². The lowest BCUT2D eigenvalue weighted by atomic mass is 10.2. The minimum Gasteiger partial charge on any atom is -0.489 e. The fourth-order valence-electron chi connectivity index (χ4n) is 2.16. The molecule has 0 fully saturated rings. The van der Waals surface area contributed by atoms with Crippen LogP contribution in [0.2, 0.25) is 5.02 Å². The van der Waals surface area contributed by atoms with Gasteiger partial charge in [0.15, 0.2) is 4.34 Å². The van der Waals surface area contributed by atoms with Gasteiger partial charge in [0.2, 0.25) is 5.13 Å². The first-order chi connectivity index (χ1) is 13.2. The van der Waals surface area contributed by atoms with Gasteiger partial charge in [-0.1, -0.05) is 59.8 Å². The summed E-state index contributed by atoms with van der Waals surface area (Å²) in [5.41, 5.74) is 1.44. The molecule has 5 nitrogen and oxygen atoms in total. The number of halogens is 1. The van der Waals surface area contributed by atoms with Gasteiger partial charge in [-0.25, -0.2) is 0 Å². The SMILES string of the molecule is CCCSc1nnc(NC(=O)c2ccc(OCc3ccccc3Cl)cc2)s1. The first kappa shape index (κ1) is 19.7. The van der Waals surface area contributed by atoms with Crippen molar-refractivity contribution in [3.8, 4) is 5.75 Å². The number of ether oxygens (including phenoxy) is 1. The Bertz CT molecular complexity index is 900. The van der Waals surface area contributed by atoms with Gasteiger partial charge in [0, 0.05) is 21.9 Å². The number of hydrogen-bond acceptors (Lipinski definition) is 6. The molecule has 0 aliphatic rings. The van der Waals surface area contributed by atoms with Gasteiger partial charge in [0.25, 0.3) is 5.91 Å². The highest BCUT2D eigenvalue weighted by Gasteiger charge is 2.11. The molecule has 140 valence electrons. The Balaban J connectivity index is 1.55. The van der Waals surface area contributed by atoms with Gasteiger partial charge in [-0.15, -0.1) is 10.2 Å². The molecule has 0 spiro atoms. The van der Waals surface area contributed by atoms with Crippen LogP contribution in [0, 0.1) is 0 Å². The van der Waals surface area contributed by atoms with Crippen LogP contribution in [0.5, 0.6) is 5.75 Å². The molecule has 1 heterocycles. The summed E-state index contributed by atoms with van der Waals surface area (Å²) < 4.78 is 6.58. The first-order valence-electron chi connectivity index (χ1n) is 8.39. The molecule has 0 saturated heterocycles. The second-order valence-corrected chi connectivity index (χ2v) is 8.31. The molecular weight excluding hydrogens is 402 g/mol. The van der Waals surface area contributed by atoms with Crippen LogP contribution in [-0.4, -0.2) is 21.9 Å². The minimum atomic E-state index is -0.226. The minimum absolute atomic E-state index is 0.226. The van der Waals surface area contributed by atoms with Crippen molar-refractivity contribution >= 4 is 45.7 Å². The molecule has 0 radical (unpaired) electrons. The van der Waals surface area contributed by atoms with Crippen LogP contribution >= 0.6 is 34.7 Å². The molecular formula is C19H18ClN3O2S2. The summed E-state index contributed by atoms with van der Waals surface area (Å²) in [4.78, 5) is 12.3. The molecule has 0 aliphatic carbocycles. The van der Waals surface area contributed by atoms with Crippen molar-refractivity contribution in [1.82, 2.24) is 10.2 Å². The fourth-order valence-corrected chi connectivity index (χ4v) is 4.02. The van der Waals surface area contributed by atoms with E-state index < -0.39 is 0 Å². The van der Waals surface area contributed by atoms with Gasteiger partial charge < -0.3 is 4.74 Å². The molecule has 3 rings (SSSR count). The summed E-state index contributed by atoms with van der Waals surface area (Å²) in [7, 11) is 0. The Morgan fingerprint density at radius 2 is 1.96 bits per heavy atom. The van der Waals surface area contributed by atoms with E-state index in [1.807, 2.05) is 24.3 Å². The van der Waals surface area contributed by atoms with E-state index in [0.29, 0.717) is 28.1 Å². The maximum absolute atomic E-state index is 12.3. The van der Waals surface area contributed by atoms with E-state index in [-0.39, 0.29) is 5.91 Å². The molecule has 0 atom stereocenters. The Morgan fingerprint density at radius 3 is 2.70 bits per heavy atom. The van der Waals surface area contributed by atoms with Crippen molar-refractivity contribution in [2.45, 2.75) is 24.3 Å². The Labute approximate surface area is 171 Å². The number of aromatic nitrogens is 2. The highest BCUT2D eigenvalue weighted by molar-refractivity contribution is 8.01. The van der Waals surface area contributed by atoms with E-state index >= 15 is 0 Å². The number of carbonyl (C=O) groups is 1. The Hall–Kier alpha value is -2.09. The number of anilines is 1. The average molecular weight is 420 g/mol. The molecule has 1 N–H and O–H groups in total. The van der Waals surface area contributed by atoms with Gasteiger partial charge in [0.05, 0.1) is 0 Å². The van der Waals surface area contributed by atoms with Gasteiger partial charge in [-0.3, -0.25) is 10.1 Å². The third-order valence-corrected chi connectivity index (χ3v) is 6.07. The van der Waals surface area contributed by atoms with E-state index in [1.54, 1.807) is 36.0 Å². The van der Waals surface area contributed by atoms with E-state index in [9.17, 15) is 4.79 Å². The second kappa shape index (κ2) is 9.73. The number of carbonyl (C=O) groups excluding carboxylic acids is 1. The van der Waals surface area contributed by atoms with Crippen LogP contribution in [0.3, 0.4) is 0 Å². The maximum Gasteiger partial charge on any atom is 0.257 e. The smallest absolute Gasteiger partial charge is 0.257 e. The predicted octanol–water partition coefficient (Wildman–Crippen LogP) is 5.52. The topological polar surface area (TPSA) is 64.1 Å². The average Bonchev–Trinajstić information content (AvgIpc) is 3.13. The van der Waals surface area contributed by atoms with Crippen molar-refractivity contribution in [3.05, 3.63) is 64.7 Å². The fraction of sp³-hybridized carbons (Fsp3) is 0.211. The van der Waals surface area contributed by atoms with E-state index in [1.165, 1.54) is 11.3 Å². The molecule has 0 bridgehead atoms. The standard InChI is InChI=1S/C19H18ClN3O2S2/c1-2-11-26-19-23-22-18(27-19)21-17(24)13-7-9-15(10-8-13)25-12-14-5-3-4-6-16(14)20/h3-10H,2,11-12H2,1H3,(H,21,22,24). The lowest BCUT2D eigenvalue weighted by molar-refractivity contribution is 0.102. The largest absolute Gasteiger partial charge is 0.489 e. The number of hydrogen-bond donors (Lipinski definition) is 1. The van der Waals surface area contributed by atoms with Crippen LogP contribution in [0.25, 0.3) is 0 Å². The molecule has 0 saturated carbocycles. The van der Waals surface area contributed by atoms with Crippen molar-refractivity contribution in [2.24, 2.45) is 0 Å². The molecule has 27 heavy (non-hydrogen) atoms. The second-order valence-electron chi connectivity index (χ2n) is 5.58. The van der Waals surface area contributed by atoms with Crippen LogP contribution in [0.1, 0.15) is 29.3 Å². The number of benzene rings is 2. The molecule has 2 aromatic carbocycles. The highest BCUT2D eigenvalue weighted by atomic mass is 35.5. The number of rotatable bonds is 8. The van der Waals surface area contributed by atoms with Crippen LogP contribution in [0.15, 0.2) is 52.9 Å². The summed E-state index contributed by atoms with van der Waals surface area (Å²) >= 11 is 9.14. The lowest BCUT2D eigenvalue weighted by Crippen LogP contribution is -2.11. The molecule has 8 heteroatoms. The van der Waals surface area contributed by atoms with E-state index in [0.717, 1.165) is 22.1 Å². The quantitative estimate of drug-likeness (QED) is 0.384. The number of amides is 1. The van der Waals surface area contributed by atoms with Crippen LogP contribution in [-0.2, 0) is 6.61 Å². The van der Waals surface area contributed by atoms with Gasteiger partial charge in [0.1, 0.15) is 12.4 Å². The van der Waals surface area contributed by atoms with E-state index in [2.05, 4.69) is 22.4 Å². The summed E-state index contributed by atoms with van der Waals surface area (Å²) in [6.07, 6.45) is 1.07. The number of nitrogens with zero attached hydrogens (tertiary/aromatic N) is 2. The molecule has 3 aromatic rings. The van der Waals surface area contributed by atoms with Crippen LogP contribution < -0.4 is 10.1 Å². The zero-order chi connectivity index (χ0) is 19.1. The monoisotopic (exact) mass is 419 g/mol. The lowest BCUT2D eigenvalue weighted by Gasteiger charge is -2.08. The molecule has 1 aromatic heterocycles. The van der Waals surface area contributed by atoms with Crippen LogP contribution in [0.4, 0.5) is 5.13 Å². The zero-order valence-electron chi connectivity index (χ0n) is 14.6. The highest BCUT2D eigenvalue weighted by Crippen LogP contribution is 2.26. The summed E-state index contributed by atoms with van der Waals surface area (Å²) in [6, 6.07) is 14.5. The number of nitrogens with one attached hydrogen (secondary N) is 1. The summed E-state index contributed by atoms with van der Waals surface area (Å²) in [5, 5.41) is 12.0. The molecule has 1 amide bonds. The van der Waals surface area contributed by atoms with Crippen molar-refractivity contribution < 1.29 is 9.53 Å². The first-order valence-corrected chi connectivity index (χ1v) is 10.6. The van der Waals surface area contributed by atoms with Crippen molar-refractivity contribution in [2.75, 3.05) is 11.1 Å². The van der Waals surface area contributed by atoms with Crippen molar-refractivity contribution in [1.29, 1.82) is 0 Å². The molecule has 0 aliphatic heterocycles. The number of thioether (sulfide) groups is 1.